The van der Waals surface area contributed by atoms with Crippen molar-refractivity contribution in [1.29, 1.82) is 0 Å². The summed E-state index contributed by atoms with van der Waals surface area (Å²) in [6.07, 6.45) is 9.16. The fourth-order valence-corrected chi connectivity index (χ4v) is 4.83. The molecular weight excluding hydrogens is 570 g/mol. The van der Waals surface area contributed by atoms with E-state index in [9.17, 15) is 14.4 Å². The lowest BCUT2D eigenvalue weighted by atomic mass is 9.96. The van der Waals surface area contributed by atoms with Crippen molar-refractivity contribution in [3.8, 4) is 16.8 Å². The highest BCUT2D eigenvalue weighted by molar-refractivity contribution is 6.30. The van der Waals surface area contributed by atoms with Gasteiger partial charge in [0.1, 0.15) is 6.33 Å². The minimum Gasteiger partial charge on any atom is -0.453 e. The third kappa shape index (κ3) is 7.52. The number of fused-ring (bicyclic) bond motifs is 4. The fraction of sp³-hybridized carbons (Fsp3) is 0.161. The Morgan fingerprint density at radius 3 is 2.81 bits per heavy atom. The molecule has 0 fully saturated rings. The van der Waals surface area contributed by atoms with Gasteiger partial charge in [-0.25, -0.2) is 4.79 Å². The Morgan fingerprint density at radius 1 is 1.12 bits per heavy atom. The number of aromatic nitrogens is 4. The molecule has 1 atom stereocenters. The number of rotatable bonds is 5. The lowest BCUT2D eigenvalue weighted by Gasteiger charge is -2.19. The van der Waals surface area contributed by atoms with Crippen LogP contribution in [0.3, 0.4) is 0 Å². The van der Waals surface area contributed by atoms with Crippen LogP contribution in [0.5, 0.6) is 0 Å². The molecule has 0 spiro atoms. The van der Waals surface area contributed by atoms with Gasteiger partial charge in [0.25, 0.3) is 0 Å². The van der Waals surface area contributed by atoms with Crippen molar-refractivity contribution in [3.63, 3.8) is 0 Å². The van der Waals surface area contributed by atoms with Gasteiger partial charge in [0.2, 0.25) is 11.8 Å². The maximum absolute atomic E-state index is 13.2. The Kier molecular flexibility index (Phi) is 9.23. The first kappa shape index (κ1) is 29.2. The molecule has 0 aliphatic carbocycles. The molecule has 2 heterocycles. The van der Waals surface area contributed by atoms with Crippen molar-refractivity contribution in [2.24, 2.45) is 0 Å². The number of ether oxygens (including phenoxy) is 1. The number of methoxy groups -OCH3 is 1. The van der Waals surface area contributed by atoms with Crippen LogP contribution < -0.4 is 16.0 Å². The molecule has 4 aromatic rings. The van der Waals surface area contributed by atoms with Gasteiger partial charge in [-0.2, -0.15) is 4.68 Å². The van der Waals surface area contributed by atoms with Crippen molar-refractivity contribution in [2.45, 2.75) is 25.3 Å². The zero-order valence-electron chi connectivity index (χ0n) is 23.2. The van der Waals surface area contributed by atoms with E-state index < -0.39 is 6.09 Å². The second-order valence-corrected chi connectivity index (χ2v) is 10.1. The zero-order chi connectivity index (χ0) is 30.2. The molecule has 1 aromatic heterocycles. The molecule has 1 unspecified atom stereocenters. The van der Waals surface area contributed by atoms with E-state index in [1.165, 1.54) is 24.2 Å². The standard InChI is InChI=1S/C31H28ClN7O4/c1-43-31(42)34-24-12-13-25-20-6-5-7-21(16-20)26(8-3-2-4-9-29(40)36-27(25)18-24)35-30(41)15-10-22-17-23(32)11-14-28(22)39-19-33-37-38-39/h2-3,5-7,10-19,26H,4,8-9H2,1H3,(H,34,42)(H,35,41)(H,36,40). The highest BCUT2D eigenvalue weighted by Crippen LogP contribution is 2.33. The third-order valence-electron chi connectivity index (χ3n) is 6.72. The fourth-order valence-electron chi connectivity index (χ4n) is 4.65. The third-order valence-corrected chi connectivity index (χ3v) is 6.95. The van der Waals surface area contributed by atoms with Crippen LogP contribution in [-0.4, -0.2) is 45.2 Å². The molecule has 11 nitrogen and oxygen atoms in total. The maximum atomic E-state index is 13.2. The summed E-state index contributed by atoms with van der Waals surface area (Å²) in [6, 6.07) is 17.9. The van der Waals surface area contributed by atoms with Crippen molar-refractivity contribution in [2.75, 3.05) is 17.7 Å². The molecule has 43 heavy (non-hydrogen) atoms. The Balaban J connectivity index is 1.43. The molecule has 3 N–H and O–H groups in total. The number of allylic oxidation sites excluding steroid dienone is 1. The van der Waals surface area contributed by atoms with Gasteiger partial charge in [-0.1, -0.05) is 48.0 Å². The van der Waals surface area contributed by atoms with Crippen LogP contribution in [0.15, 0.2) is 85.2 Å². The number of anilines is 2. The van der Waals surface area contributed by atoms with Crippen LogP contribution in [0.25, 0.3) is 22.9 Å². The van der Waals surface area contributed by atoms with E-state index in [0.717, 1.165) is 16.7 Å². The first-order chi connectivity index (χ1) is 20.9. The molecule has 12 heteroatoms. The number of carbonyl (C=O) groups excluding carboxylic acids is 3. The number of nitrogens with zero attached hydrogens (tertiary/aromatic N) is 4. The lowest BCUT2D eigenvalue weighted by Crippen LogP contribution is -2.26. The summed E-state index contributed by atoms with van der Waals surface area (Å²) in [6.45, 7) is 0. The summed E-state index contributed by atoms with van der Waals surface area (Å²) in [5.41, 5.74) is 4.84. The second kappa shape index (κ2) is 13.6. The monoisotopic (exact) mass is 597 g/mol. The predicted molar refractivity (Wildman–Crippen MR) is 164 cm³/mol. The quantitative estimate of drug-likeness (QED) is 0.198. The van der Waals surface area contributed by atoms with Crippen molar-refractivity contribution < 1.29 is 19.1 Å². The Bertz CT molecular complexity index is 1700. The van der Waals surface area contributed by atoms with Crippen molar-refractivity contribution >= 4 is 47.0 Å². The second-order valence-electron chi connectivity index (χ2n) is 9.65. The van der Waals surface area contributed by atoms with Crippen LogP contribution in [0.1, 0.15) is 36.4 Å². The summed E-state index contributed by atoms with van der Waals surface area (Å²) in [5.74, 6) is -0.458. The number of hydrogen-bond acceptors (Lipinski definition) is 7. The highest BCUT2D eigenvalue weighted by atomic mass is 35.5. The molecule has 0 radical (unpaired) electrons. The van der Waals surface area contributed by atoms with E-state index >= 15 is 0 Å². The molecule has 2 bridgehead atoms. The van der Waals surface area contributed by atoms with E-state index in [-0.39, 0.29) is 24.3 Å². The predicted octanol–water partition coefficient (Wildman–Crippen LogP) is 5.71. The van der Waals surface area contributed by atoms with Crippen molar-refractivity contribution in [3.05, 3.63) is 101 Å². The minimum absolute atomic E-state index is 0.159. The molecule has 5 rings (SSSR count). The van der Waals surface area contributed by atoms with Gasteiger partial charge in [0.05, 0.1) is 24.5 Å². The van der Waals surface area contributed by atoms with Gasteiger partial charge in [-0.3, -0.25) is 14.9 Å². The van der Waals surface area contributed by atoms with Crippen LogP contribution in [0.4, 0.5) is 16.2 Å². The van der Waals surface area contributed by atoms with Gasteiger partial charge < -0.3 is 15.4 Å². The largest absolute Gasteiger partial charge is 0.453 e. The molecule has 3 amide bonds. The van der Waals surface area contributed by atoms with Crippen LogP contribution in [0.2, 0.25) is 5.02 Å². The number of nitrogens with one attached hydrogen (secondary N) is 3. The minimum atomic E-state index is -0.613. The SMILES string of the molecule is COC(=O)Nc1ccc2c(c1)NC(=O)CCC=CCC(NC(=O)C=Cc1cc(Cl)ccc1-n1cnnn1)c1cccc-2c1. The van der Waals surface area contributed by atoms with Gasteiger partial charge in [-0.15, -0.1) is 5.10 Å². The summed E-state index contributed by atoms with van der Waals surface area (Å²) < 4.78 is 6.19. The number of tetrazole rings is 1. The number of carbonyl (C=O) groups is 3. The van der Waals surface area contributed by atoms with E-state index in [1.807, 2.05) is 42.5 Å². The number of halogens is 1. The maximum Gasteiger partial charge on any atom is 0.411 e. The number of hydrogen-bond donors (Lipinski definition) is 3. The highest BCUT2D eigenvalue weighted by Gasteiger charge is 2.17. The van der Waals surface area contributed by atoms with Gasteiger partial charge in [0, 0.05) is 34.3 Å². The summed E-state index contributed by atoms with van der Waals surface area (Å²) in [7, 11) is 1.28. The molecule has 218 valence electrons. The average molecular weight is 598 g/mol. The van der Waals surface area contributed by atoms with Crippen molar-refractivity contribution in [1.82, 2.24) is 25.5 Å². The Morgan fingerprint density at radius 2 is 2.00 bits per heavy atom. The molecule has 0 saturated carbocycles. The van der Waals surface area contributed by atoms with E-state index in [4.69, 9.17) is 16.3 Å². The first-order valence-corrected chi connectivity index (χ1v) is 13.8. The summed E-state index contributed by atoms with van der Waals surface area (Å²) in [4.78, 5) is 37.7. The number of benzene rings is 3. The Hall–Kier alpha value is -5.29. The lowest BCUT2D eigenvalue weighted by molar-refractivity contribution is -0.117. The topological polar surface area (TPSA) is 140 Å². The zero-order valence-corrected chi connectivity index (χ0v) is 23.9. The molecule has 0 saturated heterocycles. The van der Waals surface area contributed by atoms with E-state index in [2.05, 4.69) is 31.5 Å². The molecular formula is C31H28ClN7O4. The van der Waals surface area contributed by atoms with Crippen LogP contribution in [0, 0.1) is 0 Å². The smallest absolute Gasteiger partial charge is 0.411 e. The first-order valence-electron chi connectivity index (χ1n) is 13.5. The van der Waals surface area contributed by atoms with Crippen LogP contribution in [-0.2, 0) is 14.3 Å². The molecule has 1 aliphatic heterocycles. The van der Waals surface area contributed by atoms with E-state index in [1.54, 1.807) is 36.4 Å². The molecule has 3 aromatic carbocycles. The summed E-state index contributed by atoms with van der Waals surface area (Å²) in [5, 5.41) is 20.5. The van der Waals surface area contributed by atoms with Gasteiger partial charge in [0.15, 0.2) is 0 Å². The summed E-state index contributed by atoms with van der Waals surface area (Å²) >= 11 is 6.22. The number of amides is 3. The van der Waals surface area contributed by atoms with Crippen LogP contribution >= 0.6 is 11.6 Å². The normalized spacial score (nSPS) is 14.9. The van der Waals surface area contributed by atoms with Gasteiger partial charge in [-0.05, 0) is 76.9 Å². The Labute approximate surface area is 252 Å². The van der Waals surface area contributed by atoms with Gasteiger partial charge >= 0.3 is 6.09 Å². The average Bonchev–Trinajstić information content (AvgIpc) is 3.54. The van der Waals surface area contributed by atoms with E-state index in [0.29, 0.717) is 40.5 Å². The molecule has 1 aliphatic rings.